The van der Waals surface area contributed by atoms with E-state index in [1.165, 1.54) is 9.91 Å². The summed E-state index contributed by atoms with van der Waals surface area (Å²) in [5.74, 6) is -2.74. The molecule has 3 aliphatic carbocycles. The first-order valence-electron chi connectivity index (χ1n) is 18.1. The number of aliphatic hydroxyl groups is 1. The highest BCUT2D eigenvalue weighted by atomic mass is 19.1. The molecule has 0 saturated heterocycles. The summed E-state index contributed by atoms with van der Waals surface area (Å²) in [6.07, 6.45) is 3.96. The summed E-state index contributed by atoms with van der Waals surface area (Å²) in [5, 5.41) is 16.0. The quantitative estimate of drug-likeness (QED) is 0.227. The largest absolute Gasteiger partial charge is 0.390 e. The second-order valence-electron chi connectivity index (χ2n) is 14.7. The fraction of sp³-hybridized carbons (Fsp3) is 0.886. The van der Waals surface area contributed by atoms with E-state index in [9.17, 15) is 33.1 Å². The van der Waals surface area contributed by atoms with Crippen molar-refractivity contribution in [3.63, 3.8) is 0 Å². The lowest BCUT2D eigenvalue weighted by molar-refractivity contribution is -0.143. The van der Waals surface area contributed by atoms with Gasteiger partial charge in [0.1, 0.15) is 12.3 Å². The number of hydrogen-bond donors (Lipinski definition) is 3. The van der Waals surface area contributed by atoms with Crippen LogP contribution in [0.3, 0.4) is 0 Å². The predicted molar refractivity (Wildman–Crippen MR) is 177 cm³/mol. The van der Waals surface area contributed by atoms with E-state index in [0.717, 1.165) is 44.9 Å². The monoisotopic (exact) mass is 669 g/mol. The number of aliphatic hydroxyl groups excluding tert-OH is 1. The first-order valence-corrected chi connectivity index (χ1v) is 18.1. The second-order valence-corrected chi connectivity index (χ2v) is 14.7. The number of nitrogens with one attached hydrogen (secondary N) is 2. The van der Waals surface area contributed by atoms with Crippen LogP contribution in [0.5, 0.6) is 0 Å². The van der Waals surface area contributed by atoms with Crippen LogP contribution in [0.2, 0.25) is 0 Å². The van der Waals surface area contributed by atoms with Crippen LogP contribution in [0.1, 0.15) is 104 Å². The molecule has 3 saturated carbocycles. The van der Waals surface area contributed by atoms with Crippen LogP contribution in [0.4, 0.5) is 8.78 Å². The lowest BCUT2D eigenvalue weighted by Gasteiger charge is -2.38. The SMILES string of the molecule is CCCN(CCC)C(=O)C1CC(C(=O)NC(CC2CC(F)CC(F)C2)C(O)CN(C)NC(=O)C2CCCCC2)CC(C(=O)N(C)C)C1. The van der Waals surface area contributed by atoms with E-state index < -0.39 is 42.2 Å². The maximum absolute atomic E-state index is 14.4. The number of rotatable bonds is 15. The van der Waals surface area contributed by atoms with Gasteiger partial charge in [0, 0.05) is 70.9 Å². The predicted octanol–water partition coefficient (Wildman–Crippen LogP) is 4.01. The van der Waals surface area contributed by atoms with Gasteiger partial charge in [-0.15, -0.1) is 0 Å². The molecule has 0 aromatic heterocycles. The van der Waals surface area contributed by atoms with E-state index in [4.69, 9.17) is 0 Å². The summed E-state index contributed by atoms with van der Waals surface area (Å²) < 4.78 is 28.8. The van der Waals surface area contributed by atoms with Crippen molar-refractivity contribution < 1.29 is 33.1 Å². The van der Waals surface area contributed by atoms with Crippen LogP contribution < -0.4 is 10.7 Å². The van der Waals surface area contributed by atoms with Crippen molar-refractivity contribution in [1.82, 2.24) is 25.6 Å². The minimum atomic E-state index is -1.29. The van der Waals surface area contributed by atoms with Gasteiger partial charge in [0.25, 0.3) is 0 Å². The number of amides is 4. The Morgan fingerprint density at radius 3 is 1.85 bits per heavy atom. The van der Waals surface area contributed by atoms with Gasteiger partial charge in [-0.1, -0.05) is 33.1 Å². The second kappa shape index (κ2) is 19.0. The van der Waals surface area contributed by atoms with Crippen LogP contribution in [0.15, 0.2) is 0 Å². The summed E-state index contributed by atoms with van der Waals surface area (Å²) in [6.45, 7) is 5.25. The Morgan fingerprint density at radius 2 is 1.30 bits per heavy atom. The molecule has 3 aliphatic rings. The van der Waals surface area contributed by atoms with Crippen molar-refractivity contribution in [3.05, 3.63) is 0 Å². The number of nitrogens with zero attached hydrogens (tertiary/aromatic N) is 3. The van der Waals surface area contributed by atoms with E-state index in [2.05, 4.69) is 10.7 Å². The van der Waals surface area contributed by atoms with Gasteiger partial charge >= 0.3 is 0 Å². The summed E-state index contributed by atoms with van der Waals surface area (Å²) in [7, 11) is 4.99. The van der Waals surface area contributed by atoms with Gasteiger partial charge < -0.3 is 20.2 Å². The van der Waals surface area contributed by atoms with Gasteiger partial charge in [-0.2, -0.15) is 0 Å². The molecule has 7 unspecified atom stereocenters. The molecule has 47 heavy (non-hydrogen) atoms. The van der Waals surface area contributed by atoms with Gasteiger partial charge in [-0.3, -0.25) is 24.6 Å². The third kappa shape index (κ3) is 11.9. The van der Waals surface area contributed by atoms with E-state index >= 15 is 0 Å². The van der Waals surface area contributed by atoms with Crippen LogP contribution in [-0.2, 0) is 19.2 Å². The Bertz CT molecular complexity index is 1010. The Kier molecular flexibility index (Phi) is 15.8. The summed E-state index contributed by atoms with van der Waals surface area (Å²) in [5.41, 5.74) is 2.87. The third-order valence-corrected chi connectivity index (χ3v) is 10.3. The van der Waals surface area contributed by atoms with Crippen molar-refractivity contribution in [2.45, 2.75) is 128 Å². The minimum absolute atomic E-state index is 0.00471. The third-order valence-electron chi connectivity index (χ3n) is 10.3. The average molecular weight is 670 g/mol. The number of hydrogen-bond acceptors (Lipinski definition) is 6. The average Bonchev–Trinajstić information content (AvgIpc) is 3.03. The normalized spacial score (nSPS) is 28.3. The van der Waals surface area contributed by atoms with Crippen molar-refractivity contribution in [2.24, 2.45) is 29.6 Å². The molecule has 0 aliphatic heterocycles. The molecule has 12 heteroatoms. The zero-order chi connectivity index (χ0) is 34.7. The van der Waals surface area contributed by atoms with Crippen molar-refractivity contribution in [2.75, 3.05) is 40.8 Å². The number of hydrazine groups is 1. The van der Waals surface area contributed by atoms with Crippen molar-refractivity contribution in [3.8, 4) is 0 Å². The molecule has 0 spiro atoms. The highest BCUT2D eigenvalue weighted by Gasteiger charge is 2.42. The Balaban J connectivity index is 1.77. The molecule has 4 amide bonds. The fourth-order valence-electron chi connectivity index (χ4n) is 7.98. The smallest absolute Gasteiger partial charge is 0.237 e. The van der Waals surface area contributed by atoms with Gasteiger partial charge in [0.05, 0.1) is 12.1 Å². The maximum Gasteiger partial charge on any atom is 0.237 e. The Hall–Kier alpha value is -2.34. The highest BCUT2D eigenvalue weighted by molar-refractivity contribution is 5.86. The molecule has 7 atom stereocenters. The molecule has 0 aromatic carbocycles. The first kappa shape index (κ1) is 39.1. The molecule has 10 nitrogen and oxygen atoms in total. The molecule has 3 N–H and O–H groups in total. The van der Waals surface area contributed by atoms with Gasteiger partial charge in [0.2, 0.25) is 23.6 Å². The molecule has 3 rings (SSSR count). The molecule has 270 valence electrons. The topological polar surface area (TPSA) is 122 Å². The molecule has 0 bridgehead atoms. The summed E-state index contributed by atoms with van der Waals surface area (Å²) in [6, 6.07) is -0.838. The van der Waals surface area contributed by atoms with Crippen molar-refractivity contribution in [1.29, 1.82) is 0 Å². The number of carbonyl (C=O) groups is 4. The first-order chi connectivity index (χ1) is 22.3. The number of halogens is 2. The fourth-order valence-corrected chi connectivity index (χ4v) is 7.98. The highest BCUT2D eigenvalue weighted by Crippen LogP contribution is 2.37. The van der Waals surface area contributed by atoms with E-state index in [1.54, 1.807) is 21.1 Å². The summed E-state index contributed by atoms with van der Waals surface area (Å²) in [4.78, 5) is 57.0. The Labute approximate surface area is 280 Å². The molecular weight excluding hydrogens is 608 g/mol. The lowest BCUT2D eigenvalue weighted by Crippen LogP contribution is -2.54. The summed E-state index contributed by atoms with van der Waals surface area (Å²) >= 11 is 0. The molecule has 0 aromatic rings. The molecule has 3 fully saturated rings. The zero-order valence-electron chi connectivity index (χ0n) is 29.4. The van der Waals surface area contributed by atoms with Crippen LogP contribution in [-0.4, -0.2) is 109 Å². The van der Waals surface area contributed by atoms with E-state index in [-0.39, 0.29) is 80.5 Å². The zero-order valence-corrected chi connectivity index (χ0v) is 29.4. The lowest BCUT2D eigenvalue weighted by atomic mass is 9.73. The Morgan fingerprint density at radius 1 is 0.745 bits per heavy atom. The number of alkyl halides is 2. The minimum Gasteiger partial charge on any atom is -0.390 e. The number of likely N-dealkylation sites (N-methyl/N-ethyl adjacent to an activating group) is 1. The standard InChI is InChI=1S/C35H61F2N5O5/c1-6-13-42(14-7-2)35(47)27-19-25(18-26(20-27)34(46)40(3)4)32(44)38-30(17-23-15-28(36)21-29(37)16-23)31(43)22-41(5)39-33(45)24-11-9-8-10-12-24/h23-31,43H,6-22H2,1-5H3,(H,38,44)(H,39,45). The maximum atomic E-state index is 14.4. The van der Waals surface area contributed by atoms with E-state index in [1.807, 2.05) is 18.7 Å². The molecular formula is C35H61F2N5O5. The van der Waals surface area contributed by atoms with Gasteiger partial charge in [-0.25, -0.2) is 13.8 Å². The molecule has 0 heterocycles. The van der Waals surface area contributed by atoms with Crippen LogP contribution >= 0.6 is 0 Å². The van der Waals surface area contributed by atoms with Gasteiger partial charge in [-0.05, 0) is 70.1 Å². The number of carbonyl (C=O) groups excluding carboxylic acids is 4. The van der Waals surface area contributed by atoms with Crippen LogP contribution in [0.25, 0.3) is 0 Å². The van der Waals surface area contributed by atoms with Gasteiger partial charge in [0.15, 0.2) is 0 Å². The van der Waals surface area contributed by atoms with Crippen molar-refractivity contribution >= 4 is 23.6 Å². The molecule has 0 radical (unpaired) electrons. The van der Waals surface area contributed by atoms with E-state index in [0.29, 0.717) is 19.5 Å². The van der Waals surface area contributed by atoms with Crippen LogP contribution in [0, 0.1) is 29.6 Å².